The van der Waals surface area contributed by atoms with E-state index in [2.05, 4.69) is 15.4 Å². The second-order valence-corrected chi connectivity index (χ2v) is 7.68. The third-order valence-corrected chi connectivity index (χ3v) is 5.12. The number of nitrogens with zero attached hydrogens (tertiary/aromatic N) is 3. The number of nitrogens with one attached hydrogen (secondary N) is 1. The third-order valence-electron chi connectivity index (χ3n) is 4.88. The summed E-state index contributed by atoms with van der Waals surface area (Å²) in [5, 5.41) is 8.06. The molecule has 3 aromatic carbocycles. The van der Waals surface area contributed by atoms with Crippen LogP contribution in [0.25, 0.3) is 17.1 Å². The van der Waals surface area contributed by atoms with Gasteiger partial charge in [0.05, 0.1) is 5.69 Å². The lowest BCUT2D eigenvalue weighted by atomic mass is 10.1. The molecule has 0 bridgehead atoms. The second kappa shape index (κ2) is 8.13. The number of amides is 1. The van der Waals surface area contributed by atoms with E-state index in [0.717, 1.165) is 33.6 Å². The molecule has 4 aromatic rings. The topological polar surface area (TPSA) is 59.8 Å². The van der Waals surface area contributed by atoms with Gasteiger partial charge in [-0.1, -0.05) is 60.1 Å². The van der Waals surface area contributed by atoms with Gasteiger partial charge in [-0.05, 0) is 55.7 Å². The summed E-state index contributed by atoms with van der Waals surface area (Å²) in [7, 11) is 0. The number of hydrogen-bond donors (Lipinski definition) is 1. The van der Waals surface area contributed by atoms with Gasteiger partial charge in [0.25, 0.3) is 5.91 Å². The highest BCUT2D eigenvalue weighted by molar-refractivity contribution is 6.30. The van der Waals surface area contributed by atoms with E-state index >= 15 is 0 Å². The molecule has 4 rings (SSSR count). The monoisotopic (exact) mass is 416 g/mol. The standard InChI is InChI=1S/C24H21ClN4O/c1-15-9-10-16(2)20(13-15)26-24(30)22-27-23(18-7-5-4-6-8-18)29(28-22)21-14-19(25)12-11-17(21)3/h4-14H,1-3H3,(H,26,30). The van der Waals surface area contributed by atoms with Crippen LogP contribution in [0.5, 0.6) is 0 Å². The van der Waals surface area contributed by atoms with Crippen LogP contribution >= 0.6 is 11.6 Å². The zero-order valence-electron chi connectivity index (χ0n) is 17.0. The Labute approximate surface area is 180 Å². The number of aryl methyl sites for hydroxylation is 3. The molecule has 0 saturated carbocycles. The van der Waals surface area contributed by atoms with Gasteiger partial charge in [-0.25, -0.2) is 9.67 Å². The predicted octanol–water partition coefficient (Wildman–Crippen LogP) is 5.77. The summed E-state index contributed by atoms with van der Waals surface area (Å²) >= 11 is 6.23. The van der Waals surface area contributed by atoms with E-state index in [1.807, 2.05) is 87.5 Å². The summed E-state index contributed by atoms with van der Waals surface area (Å²) in [4.78, 5) is 17.6. The quantitative estimate of drug-likeness (QED) is 0.459. The molecule has 0 spiro atoms. The molecule has 5 nitrogen and oxygen atoms in total. The van der Waals surface area contributed by atoms with Gasteiger partial charge >= 0.3 is 0 Å². The lowest BCUT2D eigenvalue weighted by Crippen LogP contribution is -2.15. The lowest BCUT2D eigenvalue weighted by molar-refractivity contribution is 0.101. The number of aromatic nitrogens is 3. The molecule has 0 fully saturated rings. The number of hydrogen-bond acceptors (Lipinski definition) is 3. The summed E-state index contributed by atoms with van der Waals surface area (Å²) in [5.74, 6) is 0.306. The summed E-state index contributed by atoms with van der Waals surface area (Å²) < 4.78 is 1.68. The molecule has 1 N–H and O–H groups in total. The van der Waals surface area contributed by atoms with Crippen LogP contribution in [0.15, 0.2) is 66.7 Å². The Kier molecular flexibility index (Phi) is 5.38. The Morgan fingerprint density at radius 1 is 0.933 bits per heavy atom. The Morgan fingerprint density at radius 3 is 2.43 bits per heavy atom. The molecule has 0 saturated heterocycles. The Balaban J connectivity index is 1.80. The minimum absolute atomic E-state index is 0.0918. The van der Waals surface area contributed by atoms with E-state index in [1.165, 1.54) is 0 Å². The van der Waals surface area contributed by atoms with Gasteiger partial charge in [0, 0.05) is 16.3 Å². The van der Waals surface area contributed by atoms with Crippen LogP contribution in [0.2, 0.25) is 5.02 Å². The SMILES string of the molecule is Cc1ccc(C)c(NC(=O)c2nc(-c3ccccc3)n(-c3cc(Cl)ccc3C)n2)c1. The van der Waals surface area contributed by atoms with Crippen LogP contribution in [0.3, 0.4) is 0 Å². The molecule has 0 atom stereocenters. The van der Waals surface area contributed by atoms with E-state index in [-0.39, 0.29) is 11.7 Å². The Hall–Kier alpha value is -3.44. The van der Waals surface area contributed by atoms with Crippen LogP contribution in [0, 0.1) is 20.8 Å². The number of carbonyl (C=O) groups excluding carboxylic acids is 1. The molecule has 1 amide bonds. The van der Waals surface area contributed by atoms with Crippen LogP contribution in [-0.2, 0) is 0 Å². The van der Waals surface area contributed by atoms with Crippen LogP contribution < -0.4 is 5.32 Å². The van der Waals surface area contributed by atoms with Gasteiger partial charge in [0.2, 0.25) is 5.82 Å². The molecule has 1 aromatic heterocycles. The number of carbonyl (C=O) groups is 1. The average Bonchev–Trinajstić information content (AvgIpc) is 3.18. The third kappa shape index (κ3) is 3.98. The first kappa shape index (κ1) is 19.9. The molecule has 1 heterocycles. The van der Waals surface area contributed by atoms with E-state index in [1.54, 1.807) is 4.68 Å². The molecular weight excluding hydrogens is 396 g/mol. The molecular formula is C24H21ClN4O. The summed E-state index contributed by atoms with van der Waals surface area (Å²) in [6, 6.07) is 21.1. The van der Waals surface area contributed by atoms with E-state index < -0.39 is 0 Å². The maximum Gasteiger partial charge on any atom is 0.295 e. The van der Waals surface area contributed by atoms with E-state index in [0.29, 0.717) is 10.8 Å². The predicted molar refractivity (Wildman–Crippen MR) is 120 cm³/mol. The van der Waals surface area contributed by atoms with Crippen molar-refractivity contribution in [3.63, 3.8) is 0 Å². The number of rotatable bonds is 4. The van der Waals surface area contributed by atoms with Crippen molar-refractivity contribution in [3.05, 3.63) is 94.3 Å². The van der Waals surface area contributed by atoms with Crippen LogP contribution in [0.1, 0.15) is 27.3 Å². The largest absolute Gasteiger partial charge is 0.319 e. The maximum absolute atomic E-state index is 13.0. The van der Waals surface area contributed by atoms with Gasteiger partial charge in [-0.3, -0.25) is 4.79 Å². The van der Waals surface area contributed by atoms with E-state index in [9.17, 15) is 4.79 Å². The van der Waals surface area contributed by atoms with Gasteiger partial charge in [0.15, 0.2) is 5.82 Å². The lowest BCUT2D eigenvalue weighted by Gasteiger charge is -2.09. The van der Waals surface area contributed by atoms with Gasteiger partial charge < -0.3 is 5.32 Å². The van der Waals surface area contributed by atoms with Crippen molar-refractivity contribution in [2.24, 2.45) is 0 Å². The molecule has 6 heteroatoms. The first-order valence-corrected chi connectivity index (χ1v) is 9.98. The minimum atomic E-state index is -0.362. The fraction of sp³-hybridized carbons (Fsp3) is 0.125. The Bertz CT molecular complexity index is 1230. The van der Waals surface area contributed by atoms with Gasteiger partial charge in [-0.2, -0.15) is 0 Å². The van der Waals surface area contributed by atoms with Crippen molar-refractivity contribution in [1.29, 1.82) is 0 Å². The fourth-order valence-corrected chi connectivity index (χ4v) is 3.38. The van der Waals surface area contributed by atoms with Crippen molar-refractivity contribution in [3.8, 4) is 17.1 Å². The summed E-state index contributed by atoms with van der Waals surface area (Å²) in [6.07, 6.45) is 0. The number of benzene rings is 3. The van der Waals surface area contributed by atoms with Crippen molar-refractivity contribution in [2.75, 3.05) is 5.32 Å². The molecule has 0 aliphatic rings. The van der Waals surface area contributed by atoms with Gasteiger partial charge in [0.1, 0.15) is 0 Å². The van der Waals surface area contributed by atoms with Crippen molar-refractivity contribution < 1.29 is 4.79 Å². The maximum atomic E-state index is 13.0. The molecule has 0 aliphatic heterocycles. The minimum Gasteiger partial charge on any atom is -0.319 e. The van der Waals surface area contributed by atoms with Crippen molar-refractivity contribution in [2.45, 2.75) is 20.8 Å². The zero-order chi connectivity index (χ0) is 21.3. The van der Waals surface area contributed by atoms with Crippen molar-refractivity contribution in [1.82, 2.24) is 14.8 Å². The molecule has 0 unspecified atom stereocenters. The van der Waals surface area contributed by atoms with Crippen LogP contribution in [0.4, 0.5) is 5.69 Å². The van der Waals surface area contributed by atoms with Gasteiger partial charge in [-0.15, -0.1) is 5.10 Å². The summed E-state index contributed by atoms with van der Waals surface area (Å²) in [6.45, 7) is 5.90. The van der Waals surface area contributed by atoms with Crippen LogP contribution in [-0.4, -0.2) is 20.7 Å². The smallest absolute Gasteiger partial charge is 0.295 e. The second-order valence-electron chi connectivity index (χ2n) is 7.24. The Morgan fingerprint density at radius 2 is 1.67 bits per heavy atom. The average molecular weight is 417 g/mol. The molecule has 0 aliphatic carbocycles. The number of halogens is 1. The highest BCUT2D eigenvalue weighted by Gasteiger charge is 2.20. The summed E-state index contributed by atoms with van der Waals surface area (Å²) in [5.41, 5.74) is 5.39. The van der Waals surface area contributed by atoms with Crippen molar-refractivity contribution >= 4 is 23.2 Å². The molecule has 150 valence electrons. The highest BCUT2D eigenvalue weighted by atomic mass is 35.5. The number of anilines is 1. The highest BCUT2D eigenvalue weighted by Crippen LogP contribution is 2.26. The normalized spacial score (nSPS) is 10.8. The van der Waals surface area contributed by atoms with E-state index in [4.69, 9.17) is 11.6 Å². The molecule has 0 radical (unpaired) electrons. The fourth-order valence-electron chi connectivity index (χ4n) is 3.21. The first-order valence-electron chi connectivity index (χ1n) is 9.60. The molecule has 30 heavy (non-hydrogen) atoms. The zero-order valence-corrected chi connectivity index (χ0v) is 17.7. The first-order chi connectivity index (χ1) is 14.4.